The largest absolute Gasteiger partial charge is 0.297 e. The predicted molar refractivity (Wildman–Crippen MR) is 50.1 cm³/mol. The summed E-state index contributed by atoms with van der Waals surface area (Å²) in [6.07, 6.45) is 2.64. The van der Waals surface area contributed by atoms with Crippen LogP contribution < -0.4 is 0 Å². The number of aryl methyl sites for hydroxylation is 2. The number of hydrogen-bond acceptors (Lipinski definition) is 2. The Hall–Kier alpha value is -1.64. The van der Waals surface area contributed by atoms with Gasteiger partial charge >= 0.3 is 0 Å². The molecule has 0 saturated carbocycles. The molecule has 0 amide bonds. The molecule has 2 aromatic heterocycles. The van der Waals surface area contributed by atoms with Crippen molar-refractivity contribution < 1.29 is 4.79 Å². The number of rotatable bonds is 1. The van der Waals surface area contributed by atoms with E-state index in [0.717, 1.165) is 17.5 Å². The van der Waals surface area contributed by atoms with Gasteiger partial charge in [-0.05, 0) is 31.5 Å². The highest BCUT2D eigenvalue weighted by Crippen LogP contribution is 2.12. The van der Waals surface area contributed by atoms with Crippen molar-refractivity contribution in [2.45, 2.75) is 13.8 Å². The maximum absolute atomic E-state index is 10.6. The third kappa shape index (κ3) is 1.13. The quantitative estimate of drug-likeness (QED) is 0.617. The van der Waals surface area contributed by atoms with E-state index in [1.165, 1.54) is 5.56 Å². The van der Waals surface area contributed by atoms with Crippen molar-refractivity contribution in [1.29, 1.82) is 0 Å². The Kier molecular flexibility index (Phi) is 1.65. The number of fused-ring (bicyclic) bond motifs is 1. The van der Waals surface area contributed by atoms with Gasteiger partial charge in [0.1, 0.15) is 0 Å². The summed E-state index contributed by atoms with van der Waals surface area (Å²) < 4.78 is 1.80. The van der Waals surface area contributed by atoms with E-state index >= 15 is 0 Å². The van der Waals surface area contributed by atoms with Gasteiger partial charge in [-0.25, -0.2) is 4.98 Å². The van der Waals surface area contributed by atoms with Crippen LogP contribution >= 0.6 is 0 Å². The zero-order valence-corrected chi connectivity index (χ0v) is 7.61. The van der Waals surface area contributed by atoms with Crippen LogP contribution in [0.3, 0.4) is 0 Å². The van der Waals surface area contributed by atoms with E-state index in [1.807, 2.05) is 32.2 Å². The smallest absolute Gasteiger partial charge is 0.185 e. The molecule has 2 aromatic rings. The van der Waals surface area contributed by atoms with E-state index in [4.69, 9.17) is 0 Å². The number of aldehydes is 1. The lowest BCUT2D eigenvalue weighted by atomic mass is 10.2. The molecule has 0 fully saturated rings. The minimum atomic E-state index is 0.465. The summed E-state index contributed by atoms with van der Waals surface area (Å²) in [7, 11) is 0. The third-order valence-electron chi connectivity index (χ3n) is 2.12. The highest BCUT2D eigenvalue weighted by Gasteiger charge is 2.05. The molecule has 0 aromatic carbocycles. The van der Waals surface area contributed by atoms with Gasteiger partial charge in [0.25, 0.3) is 0 Å². The second kappa shape index (κ2) is 2.69. The van der Waals surface area contributed by atoms with Crippen molar-refractivity contribution in [1.82, 2.24) is 9.38 Å². The first-order valence-electron chi connectivity index (χ1n) is 4.13. The number of carbonyl (C=O) groups is 1. The molecule has 13 heavy (non-hydrogen) atoms. The van der Waals surface area contributed by atoms with Crippen LogP contribution in [-0.4, -0.2) is 15.7 Å². The normalized spacial score (nSPS) is 10.6. The molecule has 0 radical (unpaired) electrons. The van der Waals surface area contributed by atoms with Crippen LogP contribution in [0.4, 0.5) is 0 Å². The molecule has 0 saturated heterocycles. The predicted octanol–water partition coefficient (Wildman–Crippen LogP) is 1.76. The highest BCUT2D eigenvalue weighted by atomic mass is 16.1. The molecule has 0 aliphatic rings. The van der Waals surface area contributed by atoms with Gasteiger partial charge < -0.3 is 0 Å². The van der Waals surface area contributed by atoms with Crippen molar-refractivity contribution in [3.8, 4) is 0 Å². The van der Waals surface area contributed by atoms with E-state index in [1.54, 1.807) is 4.40 Å². The minimum Gasteiger partial charge on any atom is -0.297 e. The summed E-state index contributed by atoms with van der Waals surface area (Å²) in [4.78, 5) is 14.8. The molecule has 0 spiro atoms. The van der Waals surface area contributed by atoms with Crippen LogP contribution in [-0.2, 0) is 0 Å². The lowest BCUT2D eigenvalue weighted by Crippen LogP contribution is -1.91. The first-order chi connectivity index (χ1) is 6.22. The van der Waals surface area contributed by atoms with Gasteiger partial charge in [0.05, 0.1) is 11.2 Å². The Morgan fingerprint density at radius 2 is 2.23 bits per heavy atom. The molecule has 3 nitrogen and oxygen atoms in total. The molecule has 0 aliphatic carbocycles. The molecule has 0 unspecified atom stereocenters. The van der Waals surface area contributed by atoms with Gasteiger partial charge in [0.2, 0.25) is 0 Å². The van der Waals surface area contributed by atoms with E-state index in [9.17, 15) is 4.79 Å². The standard InChI is InChI=1S/C10H10N2O/c1-7-3-4-12-9(5-7)8(2)11-10(12)6-13/h3-6H,1-2H3. The van der Waals surface area contributed by atoms with E-state index in [2.05, 4.69) is 4.98 Å². The summed E-state index contributed by atoms with van der Waals surface area (Å²) in [6, 6.07) is 3.98. The maximum atomic E-state index is 10.6. The van der Waals surface area contributed by atoms with Gasteiger partial charge in [-0.3, -0.25) is 9.20 Å². The van der Waals surface area contributed by atoms with Crippen LogP contribution in [0.5, 0.6) is 0 Å². The number of pyridine rings is 1. The van der Waals surface area contributed by atoms with Gasteiger partial charge in [-0.2, -0.15) is 0 Å². The Labute approximate surface area is 76.0 Å². The number of hydrogen-bond donors (Lipinski definition) is 0. The molecule has 66 valence electrons. The zero-order valence-electron chi connectivity index (χ0n) is 7.61. The van der Waals surface area contributed by atoms with Crippen LogP contribution in [0.25, 0.3) is 5.52 Å². The molecule has 0 N–H and O–H groups in total. The van der Waals surface area contributed by atoms with Gasteiger partial charge in [0.15, 0.2) is 12.1 Å². The molecular weight excluding hydrogens is 164 g/mol. The Morgan fingerprint density at radius 1 is 1.46 bits per heavy atom. The van der Waals surface area contributed by atoms with E-state index in [-0.39, 0.29) is 0 Å². The summed E-state index contributed by atoms with van der Waals surface area (Å²) in [5.41, 5.74) is 3.07. The topological polar surface area (TPSA) is 34.4 Å². The summed E-state index contributed by atoms with van der Waals surface area (Å²) >= 11 is 0. The fourth-order valence-corrected chi connectivity index (χ4v) is 1.45. The van der Waals surface area contributed by atoms with Crippen molar-refractivity contribution >= 4 is 11.8 Å². The first-order valence-corrected chi connectivity index (χ1v) is 4.13. The third-order valence-corrected chi connectivity index (χ3v) is 2.12. The van der Waals surface area contributed by atoms with Crippen LogP contribution in [0.15, 0.2) is 18.3 Å². The van der Waals surface area contributed by atoms with E-state index < -0.39 is 0 Å². The van der Waals surface area contributed by atoms with Crippen molar-refractivity contribution in [3.63, 3.8) is 0 Å². The molecule has 2 heterocycles. The fraction of sp³-hybridized carbons (Fsp3) is 0.200. The molecule has 3 heteroatoms. The van der Waals surface area contributed by atoms with Crippen LogP contribution in [0.1, 0.15) is 21.9 Å². The van der Waals surface area contributed by atoms with Gasteiger partial charge in [-0.15, -0.1) is 0 Å². The molecule has 0 bridgehead atoms. The Morgan fingerprint density at radius 3 is 2.92 bits per heavy atom. The SMILES string of the molecule is Cc1ccn2c(C=O)nc(C)c2c1. The average Bonchev–Trinajstić information content (AvgIpc) is 2.43. The van der Waals surface area contributed by atoms with Gasteiger partial charge in [-0.1, -0.05) is 0 Å². The second-order valence-electron chi connectivity index (χ2n) is 3.13. The lowest BCUT2D eigenvalue weighted by molar-refractivity contribution is 0.111. The minimum absolute atomic E-state index is 0.465. The number of imidazole rings is 1. The summed E-state index contributed by atoms with van der Waals surface area (Å²) in [5.74, 6) is 0.465. The van der Waals surface area contributed by atoms with Crippen LogP contribution in [0.2, 0.25) is 0 Å². The Balaban J connectivity index is 2.88. The summed E-state index contributed by atoms with van der Waals surface area (Å²) in [5, 5.41) is 0. The van der Waals surface area contributed by atoms with Gasteiger partial charge in [0, 0.05) is 6.20 Å². The molecule has 0 aliphatic heterocycles. The first kappa shape index (κ1) is 7.98. The molecule has 2 rings (SSSR count). The summed E-state index contributed by atoms with van der Waals surface area (Å²) in [6.45, 7) is 3.93. The van der Waals surface area contributed by atoms with Crippen LogP contribution in [0, 0.1) is 13.8 Å². The second-order valence-corrected chi connectivity index (χ2v) is 3.13. The number of aromatic nitrogens is 2. The number of nitrogens with zero attached hydrogens (tertiary/aromatic N) is 2. The monoisotopic (exact) mass is 174 g/mol. The maximum Gasteiger partial charge on any atom is 0.185 e. The molecule has 0 atom stereocenters. The van der Waals surface area contributed by atoms with Crippen molar-refractivity contribution in [3.05, 3.63) is 35.4 Å². The van der Waals surface area contributed by atoms with Crippen molar-refractivity contribution in [2.75, 3.05) is 0 Å². The fourth-order valence-electron chi connectivity index (χ4n) is 1.45. The number of carbonyl (C=O) groups excluding carboxylic acids is 1. The average molecular weight is 174 g/mol. The highest BCUT2D eigenvalue weighted by molar-refractivity contribution is 5.73. The lowest BCUT2D eigenvalue weighted by Gasteiger charge is -1.96. The Bertz CT molecular complexity index is 471. The van der Waals surface area contributed by atoms with E-state index in [0.29, 0.717) is 5.82 Å². The van der Waals surface area contributed by atoms with Crippen molar-refractivity contribution in [2.24, 2.45) is 0 Å². The molecular formula is C10H10N2O. The zero-order chi connectivity index (χ0) is 9.42.